The van der Waals surface area contributed by atoms with Gasteiger partial charge in [-0.25, -0.2) is 0 Å². The lowest BCUT2D eigenvalue weighted by atomic mass is 9.94. The fourth-order valence-corrected chi connectivity index (χ4v) is 3.83. The summed E-state index contributed by atoms with van der Waals surface area (Å²) in [7, 11) is 3.01. The Morgan fingerprint density at radius 2 is 1.72 bits per heavy atom. The van der Waals surface area contributed by atoms with Crippen LogP contribution in [0.3, 0.4) is 0 Å². The molecule has 32 heavy (non-hydrogen) atoms. The van der Waals surface area contributed by atoms with Gasteiger partial charge in [-0.1, -0.05) is 31.2 Å². The Morgan fingerprint density at radius 3 is 2.25 bits per heavy atom. The number of nitrogens with zero attached hydrogens (tertiary/aromatic N) is 1. The number of carbonyl (C=O) groups is 2. The summed E-state index contributed by atoms with van der Waals surface area (Å²) in [4.78, 5) is 27.9. The molecule has 1 aromatic heterocycles. The topological polar surface area (TPSA) is 89.2 Å². The molecule has 0 bridgehead atoms. The molecule has 4 rings (SSSR count). The van der Waals surface area contributed by atoms with Crippen LogP contribution in [-0.4, -0.2) is 31.0 Å². The predicted octanol–water partition coefficient (Wildman–Crippen LogP) is 4.64. The van der Waals surface area contributed by atoms with E-state index in [0.717, 1.165) is 12.0 Å². The van der Waals surface area contributed by atoms with Crippen LogP contribution in [0.25, 0.3) is 0 Å². The molecule has 1 aliphatic heterocycles. The van der Waals surface area contributed by atoms with Crippen LogP contribution in [-0.2, 0) is 11.2 Å². The summed E-state index contributed by atoms with van der Waals surface area (Å²) in [6.45, 7) is 2.04. The molecular formula is C25H23NO6. The van der Waals surface area contributed by atoms with Crippen molar-refractivity contribution in [2.45, 2.75) is 19.4 Å². The smallest absolute Gasteiger partial charge is 0.294 e. The second kappa shape index (κ2) is 8.63. The van der Waals surface area contributed by atoms with Gasteiger partial charge >= 0.3 is 0 Å². The Bertz CT molecular complexity index is 1160. The molecule has 1 aliphatic rings. The van der Waals surface area contributed by atoms with Crippen LogP contribution in [0.1, 0.15) is 34.6 Å². The summed E-state index contributed by atoms with van der Waals surface area (Å²) < 4.78 is 16.0. The Balaban J connectivity index is 1.89. The van der Waals surface area contributed by atoms with Crippen LogP contribution < -0.4 is 14.4 Å². The standard InChI is InChI=1S/C25H23NO6/c1-4-15-7-9-16(10-8-15)22-21(23(27)20-6-5-11-32-20)24(28)25(29)26(22)17-12-18(30-2)14-19(13-17)31-3/h5-14,22,28H,4H2,1-3H3. The van der Waals surface area contributed by atoms with Gasteiger partial charge in [0.15, 0.2) is 11.5 Å². The van der Waals surface area contributed by atoms with Crippen molar-refractivity contribution in [2.24, 2.45) is 0 Å². The van der Waals surface area contributed by atoms with Crippen LogP contribution in [0.4, 0.5) is 5.69 Å². The zero-order valence-electron chi connectivity index (χ0n) is 18.0. The van der Waals surface area contributed by atoms with E-state index in [2.05, 4.69) is 0 Å². The lowest BCUT2D eigenvalue weighted by Gasteiger charge is -2.27. The molecule has 1 atom stereocenters. The number of Topliss-reactive ketones (excluding diaryl/α,β-unsaturated/α-hetero) is 1. The third kappa shape index (κ3) is 3.62. The van der Waals surface area contributed by atoms with Gasteiger partial charge in [-0.3, -0.25) is 14.5 Å². The van der Waals surface area contributed by atoms with Crippen molar-refractivity contribution in [3.8, 4) is 11.5 Å². The highest BCUT2D eigenvalue weighted by molar-refractivity contribution is 6.20. The molecule has 0 saturated carbocycles. The number of methoxy groups -OCH3 is 2. The van der Waals surface area contributed by atoms with Crippen molar-refractivity contribution in [2.75, 3.05) is 19.1 Å². The molecule has 164 valence electrons. The molecule has 0 aliphatic carbocycles. The number of anilines is 1. The molecule has 1 N–H and O–H groups in total. The molecule has 2 heterocycles. The zero-order chi connectivity index (χ0) is 22.8. The summed E-state index contributed by atoms with van der Waals surface area (Å²) in [6.07, 6.45) is 2.22. The number of furan rings is 1. The third-order valence-electron chi connectivity index (χ3n) is 5.52. The number of hydrogen-bond donors (Lipinski definition) is 1. The molecule has 0 spiro atoms. The largest absolute Gasteiger partial charge is 0.503 e. The van der Waals surface area contributed by atoms with Crippen molar-refractivity contribution in [3.05, 3.63) is 89.1 Å². The fourth-order valence-electron chi connectivity index (χ4n) is 3.83. The summed E-state index contributed by atoms with van der Waals surface area (Å²) in [5.74, 6) is -0.880. The van der Waals surface area contributed by atoms with E-state index < -0.39 is 23.5 Å². The fraction of sp³-hybridized carbons (Fsp3) is 0.200. The van der Waals surface area contributed by atoms with Crippen LogP contribution in [0, 0.1) is 0 Å². The molecule has 1 unspecified atom stereocenters. The van der Waals surface area contributed by atoms with Gasteiger partial charge in [0, 0.05) is 18.2 Å². The minimum atomic E-state index is -0.859. The van der Waals surface area contributed by atoms with Crippen LogP contribution in [0.2, 0.25) is 0 Å². The molecule has 1 amide bonds. The second-order valence-corrected chi connectivity index (χ2v) is 7.31. The van der Waals surface area contributed by atoms with E-state index in [0.29, 0.717) is 22.7 Å². The van der Waals surface area contributed by atoms with Crippen molar-refractivity contribution < 1.29 is 28.6 Å². The molecule has 2 aromatic carbocycles. The number of aryl methyl sites for hydroxylation is 1. The highest BCUT2D eigenvalue weighted by Gasteiger charge is 2.45. The monoisotopic (exact) mass is 433 g/mol. The minimum Gasteiger partial charge on any atom is -0.503 e. The lowest BCUT2D eigenvalue weighted by Crippen LogP contribution is -2.31. The number of rotatable bonds is 7. The van der Waals surface area contributed by atoms with Gasteiger partial charge in [-0.05, 0) is 29.7 Å². The Hall–Kier alpha value is -4.00. The van der Waals surface area contributed by atoms with Crippen molar-refractivity contribution >= 4 is 17.4 Å². The van der Waals surface area contributed by atoms with E-state index in [1.54, 1.807) is 24.3 Å². The predicted molar refractivity (Wildman–Crippen MR) is 118 cm³/mol. The van der Waals surface area contributed by atoms with Gasteiger partial charge in [0.1, 0.15) is 11.5 Å². The van der Waals surface area contributed by atoms with E-state index in [9.17, 15) is 14.7 Å². The molecular weight excluding hydrogens is 410 g/mol. The number of amides is 1. The van der Waals surface area contributed by atoms with E-state index in [4.69, 9.17) is 13.9 Å². The number of ether oxygens (including phenoxy) is 2. The Labute approximate surface area is 185 Å². The summed E-state index contributed by atoms with van der Waals surface area (Å²) in [6, 6.07) is 14.8. The highest BCUT2D eigenvalue weighted by atomic mass is 16.5. The molecule has 0 radical (unpaired) electrons. The van der Waals surface area contributed by atoms with Gasteiger partial charge in [0.2, 0.25) is 5.78 Å². The number of ketones is 1. The summed E-state index contributed by atoms with van der Waals surface area (Å²) in [5, 5.41) is 10.8. The average molecular weight is 433 g/mol. The number of hydrogen-bond acceptors (Lipinski definition) is 6. The van der Waals surface area contributed by atoms with Crippen molar-refractivity contribution in [1.82, 2.24) is 0 Å². The second-order valence-electron chi connectivity index (χ2n) is 7.31. The third-order valence-corrected chi connectivity index (χ3v) is 5.52. The van der Waals surface area contributed by atoms with Crippen LogP contribution in [0.5, 0.6) is 11.5 Å². The summed E-state index contributed by atoms with van der Waals surface area (Å²) >= 11 is 0. The first kappa shape index (κ1) is 21.2. The molecule has 3 aromatic rings. The molecule has 7 nitrogen and oxygen atoms in total. The quantitative estimate of drug-likeness (QED) is 0.546. The molecule has 7 heteroatoms. The minimum absolute atomic E-state index is 0.0413. The van der Waals surface area contributed by atoms with E-state index in [-0.39, 0.29) is 11.3 Å². The maximum atomic E-state index is 13.3. The van der Waals surface area contributed by atoms with Gasteiger partial charge in [0.25, 0.3) is 5.91 Å². The number of benzene rings is 2. The first-order chi connectivity index (χ1) is 15.5. The van der Waals surface area contributed by atoms with Crippen molar-refractivity contribution in [3.63, 3.8) is 0 Å². The molecule has 0 fully saturated rings. The van der Waals surface area contributed by atoms with Crippen LogP contribution >= 0.6 is 0 Å². The Morgan fingerprint density at radius 1 is 1.06 bits per heavy atom. The number of carbonyl (C=O) groups excluding carboxylic acids is 2. The van der Waals surface area contributed by atoms with Gasteiger partial charge in [0.05, 0.1) is 37.8 Å². The van der Waals surface area contributed by atoms with Crippen molar-refractivity contribution in [1.29, 1.82) is 0 Å². The van der Waals surface area contributed by atoms with Gasteiger partial charge in [-0.2, -0.15) is 0 Å². The highest BCUT2D eigenvalue weighted by Crippen LogP contribution is 2.43. The number of aliphatic hydroxyl groups excluding tert-OH is 1. The Kier molecular flexibility index (Phi) is 5.73. The van der Waals surface area contributed by atoms with Gasteiger partial charge < -0.3 is 19.0 Å². The normalized spacial score (nSPS) is 15.9. The first-order valence-electron chi connectivity index (χ1n) is 10.1. The zero-order valence-corrected chi connectivity index (χ0v) is 18.0. The maximum Gasteiger partial charge on any atom is 0.294 e. The molecule has 0 saturated heterocycles. The SMILES string of the molecule is CCc1ccc(C2C(C(=O)c3ccco3)=C(O)C(=O)N2c2cc(OC)cc(OC)c2)cc1. The first-order valence-corrected chi connectivity index (χ1v) is 10.1. The van der Waals surface area contributed by atoms with Crippen LogP contribution in [0.15, 0.2) is 76.6 Å². The van der Waals surface area contributed by atoms with E-state index in [1.807, 2.05) is 31.2 Å². The van der Waals surface area contributed by atoms with Gasteiger partial charge in [-0.15, -0.1) is 0 Å². The van der Waals surface area contributed by atoms with E-state index >= 15 is 0 Å². The maximum absolute atomic E-state index is 13.3. The summed E-state index contributed by atoms with van der Waals surface area (Å²) in [5.41, 5.74) is 2.16. The average Bonchev–Trinajstić information content (AvgIpc) is 3.45. The lowest BCUT2D eigenvalue weighted by molar-refractivity contribution is -0.117. The van der Waals surface area contributed by atoms with E-state index in [1.165, 1.54) is 31.4 Å². The number of aliphatic hydroxyl groups is 1.